The number of carbonyl (C=O) groups excluding carboxylic acids is 2. The van der Waals surface area contributed by atoms with Gasteiger partial charge in [-0.15, -0.1) is 11.3 Å². The summed E-state index contributed by atoms with van der Waals surface area (Å²) in [4.78, 5) is 30.9. The molecule has 0 aliphatic carbocycles. The summed E-state index contributed by atoms with van der Waals surface area (Å²) in [6, 6.07) is 18.1. The van der Waals surface area contributed by atoms with E-state index in [1.807, 2.05) is 42.5 Å². The number of thiazole rings is 1. The van der Waals surface area contributed by atoms with E-state index in [9.17, 15) is 9.59 Å². The third kappa shape index (κ3) is 6.00. The molecule has 30 heavy (non-hydrogen) atoms. The van der Waals surface area contributed by atoms with Gasteiger partial charge in [-0.3, -0.25) is 9.59 Å². The van der Waals surface area contributed by atoms with Gasteiger partial charge in [-0.1, -0.05) is 42.5 Å². The highest BCUT2D eigenvalue weighted by atomic mass is 32.1. The largest absolute Gasteiger partial charge is 0.345 e. The van der Waals surface area contributed by atoms with Crippen LogP contribution in [-0.4, -0.2) is 35.8 Å². The van der Waals surface area contributed by atoms with Gasteiger partial charge in [0.2, 0.25) is 5.91 Å². The number of carbonyl (C=O) groups is 2. The van der Waals surface area contributed by atoms with E-state index in [0.29, 0.717) is 10.7 Å². The normalized spacial score (nSPS) is 10.6. The summed E-state index contributed by atoms with van der Waals surface area (Å²) in [6.07, 6.45) is 3.46. The summed E-state index contributed by atoms with van der Waals surface area (Å²) in [5.74, 6) is -0.0989. The highest BCUT2D eigenvalue weighted by Gasteiger charge is 2.13. The smallest absolute Gasteiger partial charge is 0.253 e. The summed E-state index contributed by atoms with van der Waals surface area (Å²) >= 11 is 1.55. The topological polar surface area (TPSA) is 62.3 Å². The number of nitrogens with zero attached hydrogens (tertiary/aromatic N) is 2. The molecule has 3 rings (SSSR count). The first kappa shape index (κ1) is 21.7. The number of aryl methyl sites for hydroxylation is 4. The second kappa shape index (κ2) is 10.2. The van der Waals surface area contributed by atoms with E-state index in [-0.39, 0.29) is 11.8 Å². The zero-order valence-corrected chi connectivity index (χ0v) is 18.5. The van der Waals surface area contributed by atoms with Gasteiger partial charge in [0.1, 0.15) is 0 Å². The van der Waals surface area contributed by atoms with Crippen LogP contribution in [0.4, 0.5) is 5.13 Å². The van der Waals surface area contributed by atoms with Crippen LogP contribution in [0.15, 0.2) is 54.6 Å². The van der Waals surface area contributed by atoms with Crippen molar-refractivity contribution in [2.24, 2.45) is 0 Å². The van der Waals surface area contributed by atoms with Crippen molar-refractivity contribution in [1.29, 1.82) is 0 Å². The maximum absolute atomic E-state index is 12.0. The van der Waals surface area contributed by atoms with E-state index in [2.05, 4.69) is 22.4 Å². The average Bonchev–Trinajstić information content (AvgIpc) is 3.12. The van der Waals surface area contributed by atoms with Crippen molar-refractivity contribution in [2.75, 3.05) is 19.4 Å². The highest BCUT2D eigenvalue weighted by Crippen LogP contribution is 2.26. The van der Waals surface area contributed by atoms with Gasteiger partial charge < -0.3 is 10.2 Å². The first-order chi connectivity index (χ1) is 14.4. The Bertz CT molecular complexity index is 995. The van der Waals surface area contributed by atoms with Crippen molar-refractivity contribution < 1.29 is 9.59 Å². The molecule has 0 aliphatic heterocycles. The van der Waals surface area contributed by atoms with Crippen LogP contribution in [0, 0.1) is 0 Å². The summed E-state index contributed by atoms with van der Waals surface area (Å²) < 4.78 is 0. The van der Waals surface area contributed by atoms with Crippen molar-refractivity contribution in [1.82, 2.24) is 9.88 Å². The quantitative estimate of drug-likeness (QED) is 0.587. The molecule has 0 unspecified atom stereocenters. The van der Waals surface area contributed by atoms with Crippen LogP contribution in [0.1, 0.15) is 39.0 Å². The molecular formula is C24H27N3O2S. The molecule has 156 valence electrons. The molecular weight excluding hydrogens is 394 g/mol. The van der Waals surface area contributed by atoms with Crippen molar-refractivity contribution in [3.05, 3.63) is 81.9 Å². The minimum Gasteiger partial charge on any atom is -0.345 e. The molecule has 0 radical (unpaired) electrons. The van der Waals surface area contributed by atoms with Crippen LogP contribution in [0.25, 0.3) is 0 Å². The fourth-order valence-corrected chi connectivity index (χ4v) is 4.27. The zero-order valence-electron chi connectivity index (χ0n) is 17.6. The second-order valence-corrected chi connectivity index (χ2v) is 8.54. The molecule has 0 saturated heterocycles. The van der Waals surface area contributed by atoms with E-state index in [4.69, 9.17) is 0 Å². The van der Waals surface area contributed by atoms with Crippen LogP contribution >= 0.6 is 11.3 Å². The Morgan fingerprint density at radius 2 is 1.53 bits per heavy atom. The molecule has 1 N–H and O–H groups in total. The number of aromatic nitrogens is 1. The summed E-state index contributed by atoms with van der Waals surface area (Å²) in [5.41, 5.74) is 4.19. The summed E-state index contributed by atoms with van der Waals surface area (Å²) in [7, 11) is 3.51. The second-order valence-electron chi connectivity index (χ2n) is 7.45. The minimum atomic E-state index is -0.106. The number of amides is 2. The Morgan fingerprint density at radius 1 is 0.900 bits per heavy atom. The summed E-state index contributed by atoms with van der Waals surface area (Å²) in [6.45, 7) is 1.50. The van der Waals surface area contributed by atoms with E-state index >= 15 is 0 Å². The Balaban J connectivity index is 1.69. The molecule has 3 aromatic rings. The standard InChI is InChI=1S/C24H27N3O2S/c1-17(28)25-24-26-21(15-11-18-7-5-4-6-8-18)22(30-24)16-12-19-9-13-20(14-10-19)23(29)27(2)3/h4-10,13-14H,11-12,15-16H2,1-3H3,(H,25,26,28). The van der Waals surface area contributed by atoms with Gasteiger partial charge in [-0.25, -0.2) is 4.98 Å². The maximum atomic E-state index is 12.0. The number of hydrogen-bond donors (Lipinski definition) is 1. The first-order valence-electron chi connectivity index (χ1n) is 10.0. The molecule has 0 atom stereocenters. The van der Waals surface area contributed by atoms with Crippen LogP contribution < -0.4 is 5.32 Å². The lowest BCUT2D eigenvalue weighted by molar-refractivity contribution is -0.114. The summed E-state index contributed by atoms with van der Waals surface area (Å²) in [5, 5.41) is 3.48. The molecule has 0 bridgehead atoms. The van der Waals surface area contributed by atoms with Crippen LogP contribution in [-0.2, 0) is 30.5 Å². The number of hydrogen-bond acceptors (Lipinski definition) is 4. The Kier molecular flexibility index (Phi) is 7.36. The third-order valence-corrected chi connectivity index (χ3v) is 5.88. The van der Waals surface area contributed by atoms with Gasteiger partial charge >= 0.3 is 0 Å². The van der Waals surface area contributed by atoms with Crippen molar-refractivity contribution in [3.63, 3.8) is 0 Å². The lowest BCUT2D eigenvalue weighted by atomic mass is 10.0. The molecule has 0 spiro atoms. The van der Waals surface area contributed by atoms with E-state index in [0.717, 1.165) is 31.4 Å². The van der Waals surface area contributed by atoms with Gasteiger partial charge in [-0.05, 0) is 48.9 Å². The molecule has 1 aromatic heterocycles. The Hall–Kier alpha value is -2.99. The van der Waals surface area contributed by atoms with E-state index in [1.165, 1.54) is 22.9 Å². The van der Waals surface area contributed by atoms with Crippen molar-refractivity contribution in [2.45, 2.75) is 32.6 Å². The van der Waals surface area contributed by atoms with Crippen molar-refractivity contribution >= 4 is 28.3 Å². The predicted molar refractivity (Wildman–Crippen MR) is 122 cm³/mol. The lowest BCUT2D eigenvalue weighted by Gasteiger charge is -2.10. The predicted octanol–water partition coefficient (Wildman–Crippen LogP) is 4.37. The highest BCUT2D eigenvalue weighted by molar-refractivity contribution is 7.15. The van der Waals surface area contributed by atoms with Crippen LogP contribution in [0.5, 0.6) is 0 Å². The average molecular weight is 422 g/mol. The van der Waals surface area contributed by atoms with Crippen LogP contribution in [0.3, 0.4) is 0 Å². The minimum absolute atomic E-state index is 0.00662. The number of benzene rings is 2. The van der Waals surface area contributed by atoms with Gasteiger partial charge in [0.05, 0.1) is 5.69 Å². The van der Waals surface area contributed by atoms with Gasteiger partial charge in [0, 0.05) is 31.5 Å². The Labute approximate surface area is 181 Å². The zero-order chi connectivity index (χ0) is 21.5. The number of rotatable bonds is 8. The van der Waals surface area contributed by atoms with Crippen LogP contribution in [0.2, 0.25) is 0 Å². The third-order valence-electron chi connectivity index (χ3n) is 4.80. The SMILES string of the molecule is CC(=O)Nc1nc(CCc2ccccc2)c(CCc2ccc(C(=O)N(C)C)cc2)s1. The fourth-order valence-electron chi connectivity index (χ4n) is 3.22. The van der Waals surface area contributed by atoms with Crippen molar-refractivity contribution in [3.8, 4) is 0 Å². The van der Waals surface area contributed by atoms with Gasteiger partial charge in [0.25, 0.3) is 5.91 Å². The molecule has 1 heterocycles. The maximum Gasteiger partial charge on any atom is 0.253 e. The molecule has 2 aromatic carbocycles. The lowest BCUT2D eigenvalue weighted by Crippen LogP contribution is -2.21. The van der Waals surface area contributed by atoms with E-state index in [1.54, 1.807) is 30.3 Å². The first-order valence-corrected chi connectivity index (χ1v) is 10.8. The number of anilines is 1. The molecule has 0 saturated carbocycles. The Morgan fingerprint density at radius 3 is 2.17 bits per heavy atom. The molecule has 0 aliphatic rings. The molecule has 0 fully saturated rings. The van der Waals surface area contributed by atoms with Gasteiger partial charge in [0.15, 0.2) is 5.13 Å². The molecule has 6 heteroatoms. The van der Waals surface area contributed by atoms with E-state index < -0.39 is 0 Å². The van der Waals surface area contributed by atoms with Gasteiger partial charge in [-0.2, -0.15) is 0 Å². The number of nitrogens with one attached hydrogen (secondary N) is 1. The molecule has 2 amide bonds. The fraction of sp³-hybridized carbons (Fsp3) is 0.292. The molecule has 5 nitrogen and oxygen atoms in total. The monoisotopic (exact) mass is 421 g/mol.